The highest BCUT2D eigenvalue weighted by Gasteiger charge is 1.93. The van der Waals surface area contributed by atoms with Gasteiger partial charge in [-0.3, -0.25) is 14.1 Å². The SMILES string of the molecule is CN=CN.O=[PH](O)O[PH](=O)O. The number of hydrogen-bond acceptors (Lipinski definition) is 4. The van der Waals surface area contributed by atoms with Crippen LogP contribution in [0.4, 0.5) is 0 Å². The van der Waals surface area contributed by atoms with Crippen LogP contribution in [0.1, 0.15) is 0 Å². The van der Waals surface area contributed by atoms with Crippen molar-refractivity contribution in [2.75, 3.05) is 7.05 Å². The average molecular weight is 204 g/mol. The molecule has 0 heterocycles. The van der Waals surface area contributed by atoms with Gasteiger partial charge < -0.3 is 15.5 Å². The average Bonchev–Trinajstić information content (AvgIpc) is 1.85. The summed E-state index contributed by atoms with van der Waals surface area (Å²) in [5, 5.41) is 0. The number of nitrogens with two attached hydrogens (primary N) is 1. The van der Waals surface area contributed by atoms with E-state index < -0.39 is 16.5 Å². The molecule has 2 unspecified atom stereocenters. The van der Waals surface area contributed by atoms with E-state index in [9.17, 15) is 9.13 Å². The lowest BCUT2D eigenvalue weighted by Crippen LogP contribution is -1.84. The van der Waals surface area contributed by atoms with E-state index in [1.165, 1.54) is 6.34 Å². The van der Waals surface area contributed by atoms with Gasteiger partial charge in [-0.15, -0.1) is 0 Å². The van der Waals surface area contributed by atoms with Crippen molar-refractivity contribution in [1.82, 2.24) is 0 Å². The molecule has 7 nitrogen and oxygen atoms in total. The Bertz CT molecular complexity index is 143. The van der Waals surface area contributed by atoms with E-state index in [2.05, 4.69) is 9.30 Å². The van der Waals surface area contributed by atoms with Crippen LogP contribution in [0.25, 0.3) is 0 Å². The maximum Gasteiger partial charge on any atom is 0.323 e. The second-order valence-corrected chi connectivity index (χ2v) is 2.92. The first-order chi connectivity index (χ1) is 5.04. The summed E-state index contributed by atoms with van der Waals surface area (Å²) in [4.78, 5) is 18.8. The number of rotatable bonds is 2. The molecule has 4 N–H and O–H groups in total. The molecule has 68 valence electrons. The molecule has 0 spiro atoms. The molecule has 11 heavy (non-hydrogen) atoms. The van der Waals surface area contributed by atoms with Crippen molar-refractivity contribution in [3.05, 3.63) is 0 Å². The summed E-state index contributed by atoms with van der Waals surface area (Å²) in [6.07, 6.45) is 1.25. The van der Waals surface area contributed by atoms with Crippen LogP contribution in [0, 0.1) is 0 Å². The molecule has 0 fully saturated rings. The Morgan fingerprint density at radius 3 is 1.73 bits per heavy atom. The highest BCUT2D eigenvalue weighted by Crippen LogP contribution is 2.30. The molecule has 0 aliphatic rings. The van der Waals surface area contributed by atoms with E-state index >= 15 is 0 Å². The molecule has 0 radical (unpaired) electrons. The molecular weight excluding hydrogens is 194 g/mol. The first kappa shape index (κ1) is 13.4. The zero-order valence-corrected chi connectivity index (χ0v) is 7.72. The smallest absolute Gasteiger partial charge is 0.323 e. The van der Waals surface area contributed by atoms with Gasteiger partial charge in [0, 0.05) is 7.05 Å². The third-order valence-corrected chi connectivity index (χ3v) is 1.72. The zero-order chi connectivity index (χ0) is 9.28. The van der Waals surface area contributed by atoms with E-state index in [1.807, 2.05) is 0 Å². The lowest BCUT2D eigenvalue weighted by Gasteiger charge is -1.86. The van der Waals surface area contributed by atoms with E-state index in [0.717, 1.165) is 0 Å². The van der Waals surface area contributed by atoms with Gasteiger partial charge in [-0.2, -0.15) is 0 Å². The molecule has 0 aromatic carbocycles. The van der Waals surface area contributed by atoms with Gasteiger partial charge in [0.2, 0.25) is 0 Å². The summed E-state index contributed by atoms with van der Waals surface area (Å²) in [7, 11) is -4.78. The minimum absolute atomic E-state index is 1.25. The summed E-state index contributed by atoms with van der Waals surface area (Å²) in [6.45, 7) is 0. The molecule has 0 saturated heterocycles. The molecule has 0 aliphatic heterocycles. The molecule has 0 bridgehead atoms. The summed E-state index contributed by atoms with van der Waals surface area (Å²) in [6, 6.07) is 0. The van der Waals surface area contributed by atoms with Gasteiger partial charge in [0.1, 0.15) is 0 Å². The molecule has 0 aromatic heterocycles. The fourth-order valence-corrected chi connectivity index (χ4v) is 0.672. The molecule has 0 aliphatic carbocycles. The Labute approximate surface area is 64.8 Å². The Balaban J connectivity index is 0. The monoisotopic (exact) mass is 204 g/mol. The van der Waals surface area contributed by atoms with Crippen molar-refractivity contribution in [3.8, 4) is 0 Å². The van der Waals surface area contributed by atoms with Crippen LogP contribution in [0.2, 0.25) is 0 Å². The van der Waals surface area contributed by atoms with Gasteiger partial charge in [-0.05, 0) is 0 Å². The normalized spacial score (nSPS) is 15.2. The topological polar surface area (TPSA) is 122 Å². The fraction of sp³-hybridized carbons (Fsp3) is 0.500. The standard InChI is InChI=1S/C2H6N2.H4O5P2/c1-4-2-3;1-6(2)5-7(3)4/h2H,1H3,(H2,3,4);6-7H,(H,1,2)(H,3,4). The van der Waals surface area contributed by atoms with Crippen LogP contribution in [0.3, 0.4) is 0 Å². The van der Waals surface area contributed by atoms with Gasteiger partial charge in [-0.1, -0.05) is 0 Å². The Morgan fingerprint density at radius 1 is 1.45 bits per heavy atom. The third kappa shape index (κ3) is 25.9. The predicted octanol–water partition coefficient (Wildman–Crippen LogP) is -0.630. The number of aliphatic imine (C=N–C) groups is 1. The van der Waals surface area contributed by atoms with Crippen molar-refractivity contribution >= 4 is 22.8 Å². The number of nitrogens with zero attached hydrogens (tertiary/aromatic N) is 1. The van der Waals surface area contributed by atoms with Crippen molar-refractivity contribution < 1.29 is 23.2 Å². The van der Waals surface area contributed by atoms with E-state index in [4.69, 9.17) is 15.5 Å². The fourth-order valence-electron chi connectivity index (χ4n) is 0.0747. The minimum Gasteiger partial charge on any atom is -0.390 e. The lowest BCUT2D eigenvalue weighted by atomic mass is 11.3. The van der Waals surface area contributed by atoms with Gasteiger partial charge in [-0.25, -0.2) is 4.31 Å². The Kier molecular flexibility index (Phi) is 12.0. The van der Waals surface area contributed by atoms with Crippen molar-refractivity contribution in [2.45, 2.75) is 0 Å². The molecule has 0 aromatic rings. The van der Waals surface area contributed by atoms with Crippen LogP contribution in [-0.2, 0) is 13.4 Å². The van der Waals surface area contributed by atoms with Crippen LogP contribution in [0.5, 0.6) is 0 Å². The number of hydrogen-bond donors (Lipinski definition) is 3. The summed E-state index contributed by atoms with van der Waals surface area (Å²) in [5.41, 5.74) is 4.74. The van der Waals surface area contributed by atoms with Crippen molar-refractivity contribution in [1.29, 1.82) is 0 Å². The van der Waals surface area contributed by atoms with Gasteiger partial charge in [0.25, 0.3) is 0 Å². The van der Waals surface area contributed by atoms with Crippen LogP contribution >= 0.6 is 16.5 Å². The van der Waals surface area contributed by atoms with Crippen molar-refractivity contribution in [3.63, 3.8) is 0 Å². The Morgan fingerprint density at radius 2 is 1.73 bits per heavy atom. The molecular formula is C2H10N2O5P2. The predicted molar refractivity (Wildman–Crippen MR) is 42.1 cm³/mol. The zero-order valence-electron chi connectivity index (χ0n) is 5.72. The highest BCUT2D eigenvalue weighted by atomic mass is 31.2. The molecule has 0 amide bonds. The minimum atomic E-state index is -3.20. The summed E-state index contributed by atoms with van der Waals surface area (Å²) in [5.74, 6) is 0. The van der Waals surface area contributed by atoms with E-state index in [-0.39, 0.29) is 0 Å². The molecule has 0 rings (SSSR count). The summed E-state index contributed by atoms with van der Waals surface area (Å²) >= 11 is 0. The second-order valence-electron chi connectivity index (χ2n) is 1.04. The first-order valence-electron chi connectivity index (χ1n) is 2.30. The maximum atomic E-state index is 9.44. The lowest BCUT2D eigenvalue weighted by molar-refractivity contribution is 0.371. The molecule has 9 heteroatoms. The van der Waals surface area contributed by atoms with Crippen LogP contribution in [-0.4, -0.2) is 23.2 Å². The van der Waals surface area contributed by atoms with Gasteiger partial charge in [0.05, 0.1) is 6.34 Å². The van der Waals surface area contributed by atoms with Crippen molar-refractivity contribution in [2.24, 2.45) is 10.7 Å². The second kappa shape index (κ2) is 9.81. The van der Waals surface area contributed by atoms with Crippen LogP contribution in [0.15, 0.2) is 4.99 Å². The van der Waals surface area contributed by atoms with E-state index in [0.29, 0.717) is 0 Å². The molecule has 0 saturated carbocycles. The third-order valence-electron chi connectivity index (χ3n) is 0.324. The quantitative estimate of drug-likeness (QED) is 0.312. The van der Waals surface area contributed by atoms with Crippen LogP contribution < -0.4 is 5.73 Å². The Hall–Kier alpha value is -0.190. The van der Waals surface area contributed by atoms with E-state index in [1.54, 1.807) is 7.05 Å². The molecule has 2 atom stereocenters. The summed E-state index contributed by atoms with van der Waals surface area (Å²) < 4.78 is 22.3. The van der Waals surface area contributed by atoms with Gasteiger partial charge >= 0.3 is 16.5 Å². The first-order valence-corrected chi connectivity index (χ1v) is 4.83. The largest absolute Gasteiger partial charge is 0.390 e. The van der Waals surface area contributed by atoms with Gasteiger partial charge in [0.15, 0.2) is 0 Å². The maximum absolute atomic E-state index is 9.44. The highest BCUT2D eigenvalue weighted by molar-refractivity contribution is 7.46.